The predicted molar refractivity (Wildman–Crippen MR) is 81.4 cm³/mol. The highest BCUT2D eigenvalue weighted by Crippen LogP contribution is 2.33. The Balaban J connectivity index is 1.82. The van der Waals surface area contributed by atoms with Crippen LogP contribution in [0.5, 0.6) is 0 Å². The number of hydrogen-bond donors (Lipinski definition) is 0. The third-order valence-corrected chi connectivity index (χ3v) is 4.43. The van der Waals surface area contributed by atoms with Crippen molar-refractivity contribution in [2.75, 3.05) is 4.90 Å². The van der Waals surface area contributed by atoms with E-state index in [1.807, 2.05) is 0 Å². The number of amides is 2. The number of thiazole rings is 1. The molecule has 118 valence electrons. The third-order valence-electron chi connectivity index (χ3n) is 3.41. The van der Waals surface area contributed by atoms with Crippen molar-refractivity contribution in [1.29, 1.82) is 0 Å². The summed E-state index contributed by atoms with van der Waals surface area (Å²) in [5, 5.41) is 14.5. The van der Waals surface area contributed by atoms with E-state index in [-0.39, 0.29) is 26.9 Å². The van der Waals surface area contributed by atoms with Crippen LogP contribution < -0.4 is 10.5 Å². The lowest BCUT2D eigenvalue weighted by atomic mass is 10.2. The van der Waals surface area contributed by atoms with Gasteiger partial charge in [-0.15, -0.1) is 0 Å². The van der Waals surface area contributed by atoms with Crippen LogP contribution >= 0.6 is 11.3 Å². The Morgan fingerprint density at radius 3 is 2.46 bits per heavy atom. The van der Waals surface area contributed by atoms with Gasteiger partial charge in [-0.1, -0.05) is 11.3 Å². The van der Waals surface area contributed by atoms with Crippen molar-refractivity contribution in [2.45, 2.75) is 0 Å². The summed E-state index contributed by atoms with van der Waals surface area (Å²) in [7, 11) is 0. The molecule has 3 heterocycles. The summed E-state index contributed by atoms with van der Waals surface area (Å²) in [6, 6.07) is 5.05. The van der Waals surface area contributed by atoms with Gasteiger partial charge in [0.1, 0.15) is 11.1 Å². The maximum Gasteiger partial charge on any atom is 0.292 e. The van der Waals surface area contributed by atoms with Crippen LogP contribution in [0.3, 0.4) is 0 Å². The normalized spacial score (nSPS) is 13.6. The van der Waals surface area contributed by atoms with Crippen molar-refractivity contribution in [3.63, 3.8) is 0 Å². The number of hydrogen-bond acceptors (Lipinski definition) is 8. The lowest BCUT2D eigenvalue weighted by Crippen LogP contribution is -2.30. The van der Waals surface area contributed by atoms with Gasteiger partial charge in [-0.05, 0) is 12.1 Å². The van der Waals surface area contributed by atoms with Crippen molar-refractivity contribution in [3.05, 3.63) is 61.5 Å². The molecule has 11 heteroatoms. The van der Waals surface area contributed by atoms with Crippen molar-refractivity contribution >= 4 is 39.5 Å². The molecular formula is C13H5N5O5S. The molecule has 0 saturated heterocycles. The zero-order valence-corrected chi connectivity index (χ0v) is 12.4. The van der Waals surface area contributed by atoms with E-state index in [9.17, 15) is 24.5 Å². The molecule has 10 nitrogen and oxygen atoms in total. The van der Waals surface area contributed by atoms with Crippen LogP contribution in [0.2, 0.25) is 0 Å². The summed E-state index contributed by atoms with van der Waals surface area (Å²) < 4.78 is 1.15. The molecule has 0 fully saturated rings. The van der Waals surface area contributed by atoms with Gasteiger partial charge in [0.05, 0.1) is 10.6 Å². The second kappa shape index (κ2) is 4.76. The summed E-state index contributed by atoms with van der Waals surface area (Å²) in [5.74, 6) is -1.22. The van der Waals surface area contributed by atoms with Gasteiger partial charge in [0.25, 0.3) is 23.1 Å². The molecule has 0 bridgehead atoms. The van der Waals surface area contributed by atoms with Gasteiger partial charge in [-0.3, -0.25) is 24.5 Å². The number of nitro groups is 1. The largest absolute Gasteiger partial charge is 0.292 e. The minimum Gasteiger partial charge on any atom is -0.267 e. The number of non-ortho nitro benzene ring substituents is 1. The van der Waals surface area contributed by atoms with Crippen LogP contribution in [0, 0.1) is 10.1 Å². The van der Waals surface area contributed by atoms with Gasteiger partial charge >= 0.3 is 0 Å². The van der Waals surface area contributed by atoms with Gasteiger partial charge in [-0.2, -0.15) is 14.6 Å². The van der Waals surface area contributed by atoms with E-state index in [2.05, 4.69) is 10.1 Å². The lowest BCUT2D eigenvalue weighted by molar-refractivity contribution is -0.384. The first-order valence-electron chi connectivity index (χ1n) is 6.49. The summed E-state index contributed by atoms with van der Waals surface area (Å²) in [4.78, 5) is 51.3. The highest BCUT2D eigenvalue weighted by molar-refractivity contribution is 7.19. The number of imide groups is 1. The van der Waals surface area contributed by atoms with Gasteiger partial charge in [-0.25, -0.2) is 4.90 Å². The Morgan fingerprint density at radius 2 is 1.79 bits per heavy atom. The standard InChI is InChI=1S/C13H5N5O5S/c19-8-5-14-17-9-10(24-13(17)15-8)12(21)16(11(9)20)6-1-3-7(4-2-6)18(22)23/h1-5H. The first-order chi connectivity index (χ1) is 11.5. The fraction of sp³-hybridized carbons (Fsp3) is 0. The van der Waals surface area contributed by atoms with Gasteiger partial charge in [0, 0.05) is 12.1 Å². The van der Waals surface area contributed by atoms with E-state index >= 15 is 0 Å². The molecule has 4 rings (SSSR count). The van der Waals surface area contributed by atoms with E-state index in [1.54, 1.807) is 0 Å². The zero-order chi connectivity index (χ0) is 17.0. The Hall–Kier alpha value is -3.47. The van der Waals surface area contributed by atoms with Crippen molar-refractivity contribution in [2.24, 2.45) is 0 Å². The van der Waals surface area contributed by atoms with E-state index in [1.165, 1.54) is 24.3 Å². The van der Waals surface area contributed by atoms with Crippen LogP contribution in [0.25, 0.3) is 4.96 Å². The number of rotatable bonds is 2. The molecule has 0 atom stereocenters. The van der Waals surface area contributed by atoms with Gasteiger partial charge in [0.2, 0.25) is 4.96 Å². The highest BCUT2D eigenvalue weighted by atomic mass is 32.1. The molecule has 1 aromatic carbocycles. The van der Waals surface area contributed by atoms with E-state index in [0.717, 1.165) is 26.9 Å². The molecule has 0 saturated carbocycles. The summed E-state index contributed by atoms with van der Waals surface area (Å²) in [5.41, 5.74) is -0.490. The number of carbonyl (C=O) groups excluding carboxylic acids is 2. The molecule has 24 heavy (non-hydrogen) atoms. The predicted octanol–water partition coefficient (Wildman–Crippen LogP) is 0.860. The van der Waals surface area contributed by atoms with E-state index in [0.29, 0.717) is 0 Å². The van der Waals surface area contributed by atoms with Crippen LogP contribution in [0.1, 0.15) is 20.2 Å². The summed E-state index contributed by atoms with van der Waals surface area (Å²) >= 11 is 0.888. The topological polar surface area (TPSA) is 128 Å². The fourth-order valence-corrected chi connectivity index (χ4v) is 3.36. The van der Waals surface area contributed by atoms with Crippen molar-refractivity contribution in [1.82, 2.24) is 14.6 Å². The average Bonchev–Trinajstić information content (AvgIpc) is 3.03. The number of anilines is 1. The van der Waals surface area contributed by atoms with Crippen LogP contribution in [0.15, 0.2) is 35.3 Å². The number of fused-ring (bicyclic) bond motifs is 3. The van der Waals surface area contributed by atoms with Crippen LogP contribution in [-0.2, 0) is 0 Å². The maximum absolute atomic E-state index is 12.6. The summed E-state index contributed by atoms with van der Waals surface area (Å²) in [6.45, 7) is 0. The number of benzene rings is 1. The van der Waals surface area contributed by atoms with Crippen molar-refractivity contribution in [3.8, 4) is 0 Å². The molecule has 2 amide bonds. The van der Waals surface area contributed by atoms with Crippen LogP contribution in [0.4, 0.5) is 11.4 Å². The number of carbonyl (C=O) groups is 2. The number of nitro benzene ring substituents is 1. The smallest absolute Gasteiger partial charge is 0.267 e. The molecule has 2 aromatic heterocycles. The summed E-state index contributed by atoms with van der Waals surface area (Å²) in [6.07, 6.45) is 0.951. The van der Waals surface area contributed by atoms with Crippen LogP contribution in [-0.4, -0.2) is 31.3 Å². The zero-order valence-electron chi connectivity index (χ0n) is 11.6. The fourth-order valence-electron chi connectivity index (χ4n) is 2.37. The Labute approximate surface area is 135 Å². The average molecular weight is 343 g/mol. The van der Waals surface area contributed by atoms with Gasteiger partial charge in [0.15, 0.2) is 5.69 Å². The SMILES string of the molecule is O=C1c2sc3nc(=O)cnn3c2C(=O)N1c1ccc([N+](=O)[O-])cc1. The lowest BCUT2D eigenvalue weighted by Gasteiger charge is -2.13. The first-order valence-corrected chi connectivity index (χ1v) is 7.31. The molecule has 0 N–H and O–H groups in total. The Bertz CT molecular complexity index is 1100. The Morgan fingerprint density at radius 1 is 1.08 bits per heavy atom. The first kappa shape index (κ1) is 14.1. The molecule has 0 unspecified atom stereocenters. The number of aromatic nitrogens is 3. The highest BCUT2D eigenvalue weighted by Gasteiger charge is 2.41. The maximum atomic E-state index is 12.6. The second-order valence-electron chi connectivity index (χ2n) is 4.79. The molecule has 3 aromatic rings. The third kappa shape index (κ3) is 1.85. The van der Waals surface area contributed by atoms with E-state index < -0.39 is 22.3 Å². The van der Waals surface area contributed by atoms with Gasteiger partial charge < -0.3 is 0 Å². The molecule has 0 radical (unpaired) electrons. The minimum absolute atomic E-state index is 0.0193. The molecule has 0 spiro atoms. The monoisotopic (exact) mass is 343 g/mol. The second-order valence-corrected chi connectivity index (χ2v) is 5.77. The Kier molecular flexibility index (Phi) is 2.81. The minimum atomic E-state index is -0.631. The molecule has 0 aliphatic carbocycles. The quantitative estimate of drug-likeness (QED) is 0.383. The molecule has 1 aliphatic rings. The molecule has 1 aliphatic heterocycles. The van der Waals surface area contributed by atoms with Crippen molar-refractivity contribution < 1.29 is 14.5 Å². The molecular weight excluding hydrogens is 338 g/mol. The van der Waals surface area contributed by atoms with E-state index in [4.69, 9.17) is 0 Å². The number of nitrogens with zero attached hydrogens (tertiary/aromatic N) is 5.